The van der Waals surface area contributed by atoms with Crippen LogP contribution in [0.2, 0.25) is 0 Å². The van der Waals surface area contributed by atoms with E-state index in [1.54, 1.807) is 30.3 Å². The highest BCUT2D eigenvalue weighted by Gasteiger charge is 2.20. The van der Waals surface area contributed by atoms with Gasteiger partial charge in [-0.1, -0.05) is 35.4 Å². The summed E-state index contributed by atoms with van der Waals surface area (Å²) >= 11 is 5.95. The summed E-state index contributed by atoms with van der Waals surface area (Å²) < 4.78 is 27.2. The molecule has 0 spiro atoms. The van der Waals surface area contributed by atoms with E-state index in [1.165, 1.54) is 0 Å². The van der Waals surface area contributed by atoms with Crippen molar-refractivity contribution < 1.29 is 8.42 Å². The number of benzene rings is 1. The van der Waals surface area contributed by atoms with Crippen LogP contribution >= 0.6 is 11.6 Å². The molecular formula is C15H17ClNO2S. The molecular weight excluding hydrogens is 294 g/mol. The van der Waals surface area contributed by atoms with Crippen LogP contribution in [0.4, 0.5) is 0 Å². The molecule has 5 heteroatoms. The lowest BCUT2D eigenvalue weighted by Crippen LogP contribution is -2.34. The van der Waals surface area contributed by atoms with Gasteiger partial charge in [0.25, 0.3) is 0 Å². The minimum absolute atomic E-state index is 0.271. The van der Waals surface area contributed by atoms with Crippen molar-refractivity contribution >= 4 is 21.6 Å². The number of rotatable bonds is 4. The van der Waals surface area contributed by atoms with E-state index in [0.29, 0.717) is 5.03 Å². The van der Waals surface area contributed by atoms with E-state index in [1.807, 2.05) is 26.3 Å². The van der Waals surface area contributed by atoms with Gasteiger partial charge in [0.15, 0.2) is 0 Å². The number of hydrogen-bond donors (Lipinski definition) is 1. The molecule has 107 valence electrons. The van der Waals surface area contributed by atoms with Crippen LogP contribution in [0.15, 0.2) is 51.9 Å². The Morgan fingerprint density at radius 3 is 2.50 bits per heavy atom. The third kappa shape index (κ3) is 3.72. The van der Waals surface area contributed by atoms with Gasteiger partial charge in [-0.15, -0.1) is 0 Å². The second-order valence-corrected chi connectivity index (χ2v) is 6.98. The number of hydrogen-bond acceptors (Lipinski definition) is 2. The van der Waals surface area contributed by atoms with Gasteiger partial charge in [-0.25, -0.2) is 13.1 Å². The molecule has 0 amide bonds. The van der Waals surface area contributed by atoms with Crippen LogP contribution in [-0.2, 0) is 10.0 Å². The van der Waals surface area contributed by atoms with Gasteiger partial charge < -0.3 is 0 Å². The quantitative estimate of drug-likeness (QED) is 0.927. The van der Waals surface area contributed by atoms with E-state index >= 15 is 0 Å². The predicted octanol–water partition coefficient (Wildman–Crippen LogP) is 3.32. The number of nitrogens with one attached hydrogen (secondary N) is 1. The van der Waals surface area contributed by atoms with E-state index in [9.17, 15) is 8.42 Å². The molecule has 1 aliphatic carbocycles. The SMILES string of the molecule is Cc1ccc(S(=O)(=O)N[C@H](C)C2=CC(Cl)=CC[CH]2)cc1. The molecule has 0 heterocycles. The number of allylic oxidation sites excluding steroid dienone is 3. The first kappa shape index (κ1) is 15.3. The van der Waals surface area contributed by atoms with Crippen LogP contribution in [0.25, 0.3) is 0 Å². The first-order chi connectivity index (χ1) is 9.38. The molecule has 3 nitrogen and oxygen atoms in total. The van der Waals surface area contributed by atoms with Crippen LogP contribution in [0.5, 0.6) is 0 Å². The molecule has 0 fully saturated rings. The Balaban J connectivity index is 2.16. The topological polar surface area (TPSA) is 46.2 Å². The molecule has 1 aliphatic rings. The van der Waals surface area contributed by atoms with Gasteiger partial charge in [-0.3, -0.25) is 0 Å². The Bertz CT molecular complexity index is 645. The zero-order chi connectivity index (χ0) is 14.8. The zero-order valence-corrected chi connectivity index (χ0v) is 13.0. The molecule has 0 unspecified atom stereocenters. The lowest BCUT2D eigenvalue weighted by molar-refractivity contribution is 0.573. The molecule has 1 radical (unpaired) electrons. The lowest BCUT2D eigenvalue weighted by Gasteiger charge is -2.19. The van der Waals surface area contributed by atoms with Gasteiger partial charge in [0.2, 0.25) is 10.0 Å². The molecule has 1 aromatic carbocycles. The average Bonchev–Trinajstić information content (AvgIpc) is 2.38. The van der Waals surface area contributed by atoms with Gasteiger partial charge in [-0.05, 0) is 50.5 Å². The Morgan fingerprint density at radius 1 is 1.25 bits per heavy atom. The van der Waals surface area contributed by atoms with Crippen LogP contribution in [0.3, 0.4) is 0 Å². The number of aryl methyl sites for hydroxylation is 1. The van der Waals surface area contributed by atoms with Crippen molar-refractivity contribution in [3.05, 3.63) is 59.0 Å². The maximum Gasteiger partial charge on any atom is 0.241 e. The Hall–Kier alpha value is -1.10. The zero-order valence-electron chi connectivity index (χ0n) is 11.4. The molecule has 0 saturated carbocycles. The maximum atomic E-state index is 12.3. The van der Waals surface area contributed by atoms with Crippen molar-refractivity contribution in [2.45, 2.75) is 31.2 Å². The van der Waals surface area contributed by atoms with Gasteiger partial charge in [0.05, 0.1) is 4.90 Å². The monoisotopic (exact) mass is 310 g/mol. The second kappa shape index (κ2) is 6.12. The third-order valence-electron chi connectivity index (χ3n) is 3.13. The second-order valence-electron chi connectivity index (χ2n) is 4.83. The Morgan fingerprint density at radius 2 is 1.90 bits per heavy atom. The highest BCUT2D eigenvalue weighted by atomic mass is 35.5. The summed E-state index contributed by atoms with van der Waals surface area (Å²) in [6.45, 7) is 3.73. The number of halogens is 1. The van der Waals surface area contributed by atoms with Gasteiger partial charge in [0.1, 0.15) is 0 Å². The smallest absolute Gasteiger partial charge is 0.207 e. The van der Waals surface area contributed by atoms with Crippen molar-refractivity contribution in [2.75, 3.05) is 0 Å². The summed E-state index contributed by atoms with van der Waals surface area (Å²) in [5, 5.41) is 0.642. The minimum atomic E-state index is -3.52. The summed E-state index contributed by atoms with van der Waals surface area (Å²) in [6.07, 6.45) is 6.36. The van der Waals surface area contributed by atoms with Crippen LogP contribution in [0, 0.1) is 13.3 Å². The molecule has 1 N–H and O–H groups in total. The van der Waals surface area contributed by atoms with Crippen molar-refractivity contribution in [3.63, 3.8) is 0 Å². The summed E-state index contributed by atoms with van der Waals surface area (Å²) in [6, 6.07) is 6.46. The van der Waals surface area contributed by atoms with Crippen LogP contribution in [0.1, 0.15) is 18.9 Å². The summed E-state index contributed by atoms with van der Waals surface area (Å²) in [5.41, 5.74) is 1.91. The highest BCUT2D eigenvalue weighted by molar-refractivity contribution is 7.89. The molecule has 0 aromatic heterocycles. The number of sulfonamides is 1. The standard InChI is InChI=1S/C15H17ClNO2S/c1-11-6-8-15(9-7-11)20(18,19)17-12(2)13-4-3-5-14(16)10-13/h4-10,12,17H,3H2,1-2H3/t12-/m1/s1. The van der Waals surface area contributed by atoms with Gasteiger partial charge in [0, 0.05) is 11.1 Å². The molecule has 0 bridgehead atoms. The fourth-order valence-electron chi connectivity index (χ4n) is 1.97. The van der Waals surface area contributed by atoms with E-state index in [-0.39, 0.29) is 10.9 Å². The third-order valence-corrected chi connectivity index (χ3v) is 4.95. The fraction of sp³-hybridized carbons (Fsp3) is 0.267. The van der Waals surface area contributed by atoms with Crippen molar-refractivity contribution in [2.24, 2.45) is 0 Å². The van der Waals surface area contributed by atoms with Gasteiger partial charge >= 0.3 is 0 Å². The van der Waals surface area contributed by atoms with E-state index in [0.717, 1.165) is 17.6 Å². The normalized spacial score (nSPS) is 17.4. The van der Waals surface area contributed by atoms with E-state index in [4.69, 9.17) is 11.6 Å². The molecule has 0 saturated heterocycles. The minimum Gasteiger partial charge on any atom is -0.207 e. The summed E-state index contributed by atoms with van der Waals surface area (Å²) in [4.78, 5) is 0.271. The molecule has 20 heavy (non-hydrogen) atoms. The largest absolute Gasteiger partial charge is 0.241 e. The Labute approximate surface area is 125 Å². The summed E-state index contributed by atoms with van der Waals surface area (Å²) in [7, 11) is -3.52. The molecule has 0 aliphatic heterocycles. The molecule has 1 atom stereocenters. The molecule has 1 aromatic rings. The van der Waals surface area contributed by atoms with Crippen molar-refractivity contribution in [3.8, 4) is 0 Å². The van der Waals surface area contributed by atoms with E-state index < -0.39 is 10.0 Å². The highest BCUT2D eigenvalue weighted by Crippen LogP contribution is 2.22. The Kier molecular flexibility index (Phi) is 4.68. The lowest BCUT2D eigenvalue weighted by atomic mass is 10.00. The molecule has 2 rings (SSSR count). The van der Waals surface area contributed by atoms with Crippen molar-refractivity contribution in [1.29, 1.82) is 0 Å². The fourth-order valence-corrected chi connectivity index (χ4v) is 3.42. The van der Waals surface area contributed by atoms with Crippen molar-refractivity contribution in [1.82, 2.24) is 4.72 Å². The van der Waals surface area contributed by atoms with E-state index in [2.05, 4.69) is 4.72 Å². The predicted molar refractivity (Wildman–Crippen MR) is 81.9 cm³/mol. The van der Waals surface area contributed by atoms with Crippen LogP contribution < -0.4 is 4.72 Å². The first-order valence-electron chi connectivity index (χ1n) is 6.38. The van der Waals surface area contributed by atoms with Gasteiger partial charge in [-0.2, -0.15) is 0 Å². The van der Waals surface area contributed by atoms with Crippen LogP contribution in [-0.4, -0.2) is 14.5 Å². The summed E-state index contributed by atoms with van der Waals surface area (Å²) in [5.74, 6) is 0. The average molecular weight is 311 g/mol. The first-order valence-corrected chi connectivity index (χ1v) is 8.24. The maximum absolute atomic E-state index is 12.3.